The third-order valence-electron chi connectivity index (χ3n) is 5.30. The Morgan fingerprint density at radius 3 is 2.06 bits per heavy atom. The largest absolute Gasteiger partial charge is 0.403 e. The van der Waals surface area contributed by atoms with Crippen molar-refractivity contribution in [1.29, 1.82) is 0 Å². The molecule has 1 heterocycles. The van der Waals surface area contributed by atoms with Crippen molar-refractivity contribution in [3.8, 4) is 5.69 Å². The molecular weight excluding hydrogens is 430 g/mol. The summed E-state index contributed by atoms with van der Waals surface area (Å²) >= 11 is 0. The van der Waals surface area contributed by atoms with Crippen molar-refractivity contribution in [2.75, 3.05) is 5.32 Å². The van der Waals surface area contributed by atoms with Crippen molar-refractivity contribution in [2.24, 2.45) is 5.41 Å². The molecule has 1 aromatic heterocycles. The first-order valence-corrected chi connectivity index (χ1v) is 10.0. The molecular formula is C21H25F4N5O2. The maximum absolute atomic E-state index is 13.3. The topological polar surface area (TPSA) is 88.9 Å². The van der Waals surface area contributed by atoms with Crippen molar-refractivity contribution >= 4 is 17.8 Å². The van der Waals surface area contributed by atoms with Crippen molar-refractivity contribution < 1.29 is 27.2 Å². The summed E-state index contributed by atoms with van der Waals surface area (Å²) in [7, 11) is 0. The van der Waals surface area contributed by atoms with Crippen LogP contribution in [-0.2, 0) is 15.0 Å². The van der Waals surface area contributed by atoms with E-state index in [1.54, 1.807) is 0 Å². The van der Waals surface area contributed by atoms with Crippen LogP contribution >= 0.6 is 0 Å². The Morgan fingerprint density at radius 1 is 1.03 bits per heavy atom. The average Bonchev–Trinajstić information content (AvgIpc) is 3.37. The average molecular weight is 455 g/mol. The lowest BCUT2D eigenvalue weighted by Gasteiger charge is -2.28. The van der Waals surface area contributed by atoms with Gasteiger partial charge in [-0.25, -0.2) is 9.07 Å². The minimum atomic E-state index is -4.68. The second-order valence-electron chi connectivity index (χ2n) is 9.51. The third-order valence-corrected chi connectivity index (χ3v) is 5.30. The Balaban J connectivity index is 1.82. The zero-order valence-electron chi connectivity index (χ0n) is 18.4. The van der Waals surface area contributed by atoms with Crippen LogP contribution in [0.2, 0.25) is 0 Å². The maximum atomic E-state index is 13.3. The van der Waals surface area contributed by atoms with E-state index in [0.717, 1.165) is 0 Å². The Labute approximate surface area is 182 Å². The monoisotopic (exact) mass is 455 g/mol. The molecule has 174 valence electrons. The summed E-state index contributed by atoms with van der Waals surface area (Å²) < 4.78 is 54.4. The summed E-state index contributed by atoms with van der Waals surface area (Å²) in [6, 6.07) is 5.52. The molecule has 1 aliphatic carbocycles. The van der Waals surface area contributed by atoms with Crippen LogP contribution in [0.1, 0.15) is 53.3 Å². The maximum Gasteiger partial charge on any atom is 0.403 e. The van der Waals surface area contributed by atoms with Crippen LogP contribution in [0.4, 0.5) is 23.5 Å². The highest BCUT2D eigenvalue weighted by molar-refractivity contribution is 6.00. The third kappa shape index (κ3) is 4.46. The second kappa shape index (κ2) is 7.56. The number of benzene rings is 1. The van der Waals surface area contributed by atoms with Crippen LogP contribution in [0.5, 0.6) is 0 Å². The molecule has 1 saturated carbocycles. The van der Waals surface area contributed by atoms with E-state index in [9.17, 15) is 27.2 Å². The lowest BCUT2D eigenvalue weighted by atomic mass is 9.95. The van der Waals surface area contributed by atoms with Gasteiger partial charge >= 0.3 is 6.18 Å². The number of amides is 2. The first-order chi connectivity index (χ1) is 14.6. The van der Waals surface area contributed by atoms with Gasteiger partial charge in [0.15, 0.2) is 0 Å². The van der Waals surface area contributed by atoms with Crippen LogP contribution in [0.3, 0.4) is 0 Å². The fourth-order valence-electron chi connectivity index (χ4n) is 3.10. The number of alkyl halides is 3. The summed E-state index contributed by atoms with van der Waals surface area (Å²) in [6.07, 6.45) is -5.29. The molecule has 0 radical (unpaired) electrons. The molecule has 11 heteroatoms. The first-order valence-electron chi connectivity index (χ1n) is 10.0. The Hall–Kier alpha value is -2.98. The highest BCUT2D eigenvalue weighted by Crippen LogP contribution is 2.57. The zero-order chi connectivity index (χ0) is 24.1. The molecule has 3 rings (SSSR count). The summed E-state index contributed by atoms with van der Waals surface area (Å²) in [6.45, 7) is 8.22. The number of hydrogen-bond acceptors (Lipinski definition) is 4. The number of halogens is 4. The molecule has 0 aliphatic heterocycles. The molecule has 1 fully saturated rings. The van der Waals surface area contributed by atoms with Crippen molar-refractivity contribution in [3.05, 3.63) is 35.9 Å². The normalized spacial score (nSPS) is 15.9. The van der Waals surface area contributed by atoms with Crippen LogP contribution in [-0.4, -0.2) is 38.3 Å². The van der Waals surface area contributed by atoms with E-state index in [1.165, 1.54) is 42.8 Å². The molecule has 2 N–H and O–H groups in total. The number of carbonyl (C=O) groups excluding carboxylic acids is 2. The molecule has 2 aromatic rings. The molecule has 0 saturated heterocycles. The molecule has 1 aliphatic rings. The van der Waals surface area contributed by atoms with Crippen molar-refractivity contribution in [1.82, 2.24) is 20.1 Å². The Bertz CT molecular complexity index is 1030. The number of carbonyl (C=O) groups is 2. The van der Waals surface area contributed by atoms with Gasteiger partial charge in [-0.1, -0.05) is 20.8 Å². The highest BCUT2D eigenvalue weighted by atomic mass is 19.4. The highest BCUT2D eigenvalue weighted by Gasteiger charge is 2.69. The molecule has 7 nitrogen and oxygen atoms in total. The lowest BCUT2D eigenvalue weighted by Crippen LogP contribution is -2.56. The molecule has 0 spiro atoms. The van der Waals surface area contributed by atoms with Gasteiger partial charge in [-0.15, -0.1) is 5.10 Å². The van der Waals surface area contributed by atoms with Gasteiger partial charge in [-0.2, -0.15) is 18.2 Å². The first kappa shape index (κ1) is 23.7. The number of hydrogen-bond donors (Lipinski definition) is 2. The Morgan fingerprint density at radius 2 is 1.59 bits per heavy atom. The SMILES string of the molecule is CC(C)(NC(=O)C1(C(F)(F)F)CC1)C(=O)Nc1nc(C(C)(C)C)n(-c2ccc(F)cc2)n1. The molecule has 0 bridgehead atoms. The minimum Gasteiger partial charge on any atom is -0.341 e. The van der Waals surface area contributed by atoms with E-state index >= 15 is 0 Å². The van der Waals surface area contributed by atoms with Gasteiger partial charge in [-0.05, 0) is 51.0 Å². The minimum absolute atomic E-state index is 0.0940. The summed E-state index contributed by atoms with van der Waals surface area (Å²) in [4.78, 5) is 29.4. The standard InChI is InChI=1S/C21H25F4N5O2/c1-18(2,3)14-26-17(29-30(14)13-8-6-12(22)7-9-13)27-15(31)19(4,5)28-16(32)20(10-11-20)21(23,24)25/h6-9H,10-11H2,1-5H3,(H,28,32)(H,27,29,31). The van der Waals surface area contributed by atoms with Crippen molar-refractivity contribution in [2.45, 2.75) is 64.6 Å². The van der Waals surface area contributed by atoms with Gasteiger partial charge < -0.3 is 5.32 Å². The molecule has 32 heavy (non-hydrogen) atoms. The molecule has 2 amide bonds. The van der Waals surface area contributed by atoms with Gasteiger partial charge in [-0.3, -0.25) is 14.9 Å². The predicted octanol–water partition coefficient (Wildman–Crippen LogP) is 3.88. The predicted molar refractivity (Wildman–Crippen MR) is 109 cm³/mol. The summed E-state index contributed by atoms with van der Waals surface area (Å²) in [5.41, 5.74) is -4.08. The number of rotatable bonds is 5. The van der Waals surface area contributed by atoms with E-state index in [-0.39, 0.29) is 18.8 Å². The van der Waals surface area contributed by atoms with Gasteiger partial charge in [0.05, 0.1) is 5.69 Å². The van der Waals surface area contributed by atoms with Crippen LogP contribution in [0.15, 0.2) is 24.3 Å². The summed E-state index contributed by atoms with van der Waals surface area (Å²) in [5, 5.41) is 8.93. The van der Waals surface area contributed by atoms with Gasteiger partial charge in [0.1, 0.15) is 22.6 Å². The van der Waals surface area contributed by atoms with E-state index in [2.05, 4.69) is 20.7 Å². The number of nitrogens with one attached hydrogen (secondary N) is 2. The van der Waals surface area contributed by atoms with E-state index in [4.69, 9.17) is 0 Å². The van der Waals surface area contributed by atoms with Gasteiger partial charge in [0.25, 0.3) is 5.91 Å². The molecule has 0 atom stereocenters. The fourth-order valence-corrected chi connectivity index (χ4v) is 3.10. The van der Waals surface area contributed by atoms with Crippen molar-refractivity contribution in [3.63, 3.8) is 0 Å². The summed E-state index contributed by atoms with van der Waals surface area (Å²) in [5.74, 6) is -2.06. The number of anilines is 1. The van der Waals surface area contributed by atoms with E-state index < -0.39 is 40.2 Å². The second-order valence-corrected chi connectivity index (χ2v) is 9.51. The lowest BCUT2D eigenvalue weighted by molar-refractivity contribution is -0.193. The number of nitrogens with zero attached hydrogens (tertiary/aromatic N) is 3. The van der Waals surface area contributed by atoms with Crippen LogP contribution < -0.4 is 10.6 Å². The van der Waals surface area contributed by atoms with Gasteiger partial charge in [0.2, 0.25) is 11.9 Å². The quantitative estimate of drug-likeness (QED) is 0.670. The number of aromatic nitrogens is 3. The fraction of sp³-hybridized carbons (Fsp3) is 0.524. The van der Waals surface area contributed by atoms with E-state index in [0.29, 0.717) is 11.5 Å². The van der Waals surface area contributed by atoms with E-state index in [1.807, 2.05) is 20.8 Å². The zero-order valence-corrected chi connectivity index (χ0v) is 18.4. The molecule has 0 unspecified atom stereocenters. The van der Waals surface area contributed by atoms with Gasteiger partial charge in [0, 0.05) is 5.41 Å². The smallest absolute Gasteiger partial charge is 0.341 e. The molecule has 1 aromatic carbocycles. The Kier molecular flexibility index (Phi) is 5.59. The van der Waals surface area contributed by atoms with Crippen LogP contribution in [0.25, 0.3) is 5.69 Å². The van der Waals surface area contributed by atoms with Crippen LogP contribution in [0, 0.1) is 11.2 Å².